The van der Waals surface area contributed by atoms with Gasteiger partial charge in [0.15, 0.2) is 0 Å². The highest BCUT2D eigenvalue weighted by atomic mass is 16.7. The monoisotopic (exact) mass is 248 g/mol. The first-order valence-electron chi connectivity index (χ1n) is 6.50. The molecule has 1 aliphatic rings. The molecule has 0 aromatic heterocycles. The van der Waals surface area contributed by atoms with Gasteiger partial charge in [-0.15, -0.1) is 0 Å². The summed E-state index contributed by atoms with van der Waals surface area (Å²) in [4.78, 5) is 17.8. The number of carbonyl (C=O) groups is 1. The van der Waals surface area contributed by atoms with E-state index in [1.807, 2.05) is 31.3 Å². The Morgan fingerprint density at radius 1 is 1.39 bits per heavy atom. The van der Waals surface area contributed by atoms with Gasteiger partial charge in [0.25, 0.3) is 5.91 Å². The molecule has 1 N–H and O–H groups in total. The highest BCUT2D eigenvalue weighted by Crippen LogP contribution is 2.15. The lowest BCUT2D eigenvalue weighted by Crippen LogP contribution is -2.36. The van der Waals surface area contributed by atoms with Crippen LogP contribution in [0.5, 0.6) is 0 Å². The number of hydroxylamine groups is 2. The van der Waals surface area contributed by atoms with Gasteiger partial charge in [0.2, 0.25) is 0 Å². The molecule has 0 saturated carbocycles. The fourth-order valence-corrected chi connectivity index (χ4v) is 2.10. The zero-order valence-corrected chi connectivity index (χ0v) is 10.8. The summed E-state index contributed by atoms with van der Waals surface area (Å²) in [6, 6.07) is 7.76. The van der Waals surface area contributed by atoms with E-state index in [1.54, 1.807) is 0 Å². The van der Waals surface area contributed by atoms with Gasteiger partial charge in [-0.2, -0.15) is 0 Å². The van der Waals surface area contributed by atoms with Crippen LogP contribution in [0.2, 0.25) is 0 Å². The molecular formula is C14H20N2O2. The standard InChI is InChI=1S/C14H20N2O2/c1-15-9-8-12-6-2-3-7-13(12)14(17)16-10-4-5-11-18-16/h2-3,6-7,15H,4-5,8-11H2,1H3. The van der Waals surface area contributed by atoms with E-state index in [9.17, 15) is 4.79 Å². The van der Waals surface area contributed by atoms with E-state index in [0.717, 1.165) is 36.9 Å². The van der Waals surface area contributed by atoms with Crippen LogP contribution in [0.15, 0.2) is 24.3 Å². The Kier molecular flexibility index (Phi) is 4.73. The first-order valence-corrected chi connectivity index (χ1v) is 6.50. The molecule has 4 heteroatoms. The number of rotatable bonds is 4. The second kappa shape index (κ2) is 6.52. The van der Waals surface area contributed by atoms with Crippen LogP contribution in [0.4, 0.5) is 0 Å². The number of carbonyl (C=O) groups excluding carboxylic acids is 1. The topological polar surface area (TPSA) is 41.6 Å². The Morgan fingerprint density at radius 3 is 2.94 bits per heavy atom. The third-order valence-corrected chi connectivity index (χ3v) is 3.12. The quantitative estimate of drug-likeness (QED) is 0.880. The summed E-state index contributed by atoms with van der Waals surface area (Å²) in [6.07, 6.45) is 2.90. The minimum absolute atomic E-state index is 0.0126. The Balaban J connectivity index is 2.12. The molecule has 1 fully saturated rings. The van der Waals surface area contributed by atoms with Crippen molar-refractivity contribution in [3.63, 3.8) is 0 Å². The number of hydrogen-bond donors (Lipinski definition) is 1. The van der Waals surface area contributed by atoms with Gasteiger partial charge in [-0.25, -0.2) is 5.06 Å². The molecular weight excluding hydrogens is 228 g/mol. The van der Waals surface area contributed by atoms with Gasteiger partial charge in [0.05, 0.1) is 6.61 Å². The average Bonchev–Trinajstić information content (AvgIpc) is 2.45. The van der Waals surface area contributed by atoms with E-state index in [2.05, 4.69) is 5.32 Å². The molecule has 0 radical (unpaired) electrons. The van der Waals surface area contributed by atoms with Crippen LogP contribution in [-0.2, 0) is 11.3 Å². The predicted molar refractivity (Wildman–Crippen MR) is 70.3 cm³/mol. The van der Waals surface area contributed by atoms with E-state index in [0.29, 0.717) is 13.2 Å². The van der Waals surface area contributed by atoms with Gasteiger partial charge in [-0.1, -0.05) is 18.2 Å². The Hall–Kier alpha value is -1.39. The zero-order valence-electron chi connectivity index (χ0n) is 10.8. The minimum atomic E-state index is -0.0126. The highest BCUT2D eigenvalue weighted by molar-refractivity contribution is 5.95. The Bertz CT molecular complexity index is 401. The fourth-order valence-electron chi connectivity index (χ4n) is 2.10. The number of nitrogens with one attached hydrogen (secondary N) is 1. The molecule has 1 saturated heterocycles. The second-order valence-electron chi connectivity index (χ2n) is 4.46. The third-order valence-electron chi connectivity index (χ3n) is 3.12. The molecule has 4 nitrogen and oxygen atoms in total. The SMILES string of the molecule is CNCCc1ccccc1C(=O)N1CCCCO1. The van der Waals surface area contributed by atoms with Crippen LogP contribution in [0, 0.1) is 0 Å². The van der Waals surface area contributed by atoms with E-state index in [-0.39, 0.29) is 5.91 Å². The van der Waals surface area contributed by atoms with Gasteiger partial charge in [-0.3, -0.25) is 9.63 Å². The van der Waals surface area contributed by atoms with E-state index in [1.165, 1.54) is 5.06 Å². The van der Waals surface area contributed by atoms with Crippen LogP contribution in [-0.4, -0.2) is 37.7 Å². The lowest BCUT2D eigenvalue weighted by Gasteiger charge is -2.26. The van der Waals surface area contributed by atoms with Crippen LogP contribution in [0.25, 0.3) is 0 Å². The molecule has 1 aliphatic heterocycles. The lowest BCUT2D eigenvalue weighted by atomic mass is 10.0. The normalized spacial score (nSPS) is 15.7. The first-order chi connectivity index (χ1) is 8.83. The van der Waals surface area contributed by atoms with Crippen LogP contribution >= 0.6 is 0 Å². The summed E-state index contributed by atoms with van der Waals surface area (Å²) in [5.41, 5.74) is 1.83. The molecule has 1 aromatic carbocycles. The van der Waals surface area contributed by atoms with E-state index < -0.39 is 0 Å². The molecule has 98 valence electrons. The molecule has 1 amide bonds. The van der Waals surface area contributed by atoms with E-state index in [4.69, 9.17) is 4.84 Å². The van der Waals surface area contributed by atoms with Gasteiger partial charge in [0, 0.05) is 12.1 Å². The van der Waals surface area contributed by atoms with Crippen molar-refractivity contribution < 1.29 is 9.63 Å². The van der Waals surface area contributed by atoms with Crippen molar-refractivity contribution in [3.8, 4) is 0 Å². The predicted octanol–water partition coefficient (Wildman–Crippen LogP) is 1.62. The summed E-state index contributed by atoms with van der Waals surface area (Å²) in [6.45, 7) is 2.20. The van der Waals surface area contributed by atoms with E-state index >= 15 is 0 Å². The smallest absolute Gasteiger partial charge is 0.277 e. The average molecular weight is 248 g/mol. The van der Waals surface area contributed by atoms with Crippen molar-refractivity contribution in [1.29, 1.82) is 0 Å². The highest BCUT2D eigenvalue weighted by Gasteiger charge is 2.21. The third kappa shape index (κ3) is 3.09. The van der Waals surface area contributed by atoms with Crippen LogP contribution in [0.3, 0.4) is 0 Å². The molecule has 2 rings (SSSR count). The maximum Gasteiger partial charge on any atom is 0.277 e. The molecule has 0 spiro atoms. The zero-order chi connectivity index (χ0) is 12.8. The molecule has 0 bridgehead atoms. The maximum atomic E-state index is 12.4. The minimum Gasteiger partial charge on any atom is -0.319 e. The van der Waals surface area contributed by atoms with Crippen LogP contribution < -0.4 is 5.32 Å². The first kappa shape index (κ1) is 13.1. The number of benzene rings is 1. The summed E-state index contributed by atoms with van der Waals surface area (Å²) in [7, 11) is 1.91. The summed E-state index contributed by atoms with van der Waals surface area (Å²) < 4.78 is 0. The maximum absolute atomic E-state index is 12.4. The fraction of sp³-hybridized carbons (Fsp3) is 0.500. The summed E-state index contributed by atoms with van der Waals surface area (Å²) in [5, 5.41) is 4.61. The second-order valence-corrected chi connectivity index (χ2v) is 4.46. The molecule has 1 aromatic rings. The molecule has 1 heterocycles. The van der Waals surface area contributed by atoms with Crippen molar-refractivity contribution in [3.05, 3.63) is 35.4 Å². The molecule has 0 unspecified atom stereocenters. The largest absolute Gasteiger partial charge is 0.319 e. The molecule has 18 heavy (non-hydrogen) atoms. The van der Waals surface area contributed by atoms with Crippen LogP contribution in [0.1, 0.15) is 28.8 Å². The summed E-state index contributed by atoms with van der Waals surface area (Å²) in [5.74, 6) is -0.0126. The lowest BCUT2D eigenvalue weighted by molar-refractivity contribution is -0.144. The Labute approximate surface area is 108 Å². The van der Waals surface area contributed by atoms with Crippen molar-refractivity contribution >= 4 is 5.91 Å². The number of amides is 1. The van der Waals surface area contributed by atoms with Gasteiger partial charge < -0.3 is 5.32 Å². The van der Waals surface area contributed by atoms with Gasteiger partial charge in [0.1, 0.15) is 0 Å². The Morgan fingerprint density at radius 2 is 2.22 bits per heavy atom. The van der Waals surface area contributed by atoms with Gasteiger partial charge >= 0.3 is 0 Å². The van der Waals surface area contributed by atoms with Crippen molar-refractivity contribution in [2.45, 2.75) is 19.3 Å². The van der Waals surface area contributed by atoms with Crippen molar-refractivity contribution in [2.75, 3.05) is 26.7 Å². The molecule has 0 atom stereocenters. The van der Waals surface area contributed by atoms with Crippen molar-refractivity contribution in [1.82, 2.24) is 10.4 Å². The number of hydrogen-bond acceptors (Lipinski definition) is 3. The molecule has 0 aliphatic carbocycles. The number of nitrogens with zero attached hydrogens (tertiary/aromatic N) is 1. The number of likely N-dealkylation sites (N-methyl/N-ethyl adjacent to an activating group) is 1. The van der Waals surface area contributed by atoms with Crippen molar-refractivity contribution in [2.24, 2.45) is 0 Å². The van der Waals surface area contributed by atoms with Gasteiger partial charge in [-0.05, 0) is 44.5 Å². The summed E-state index contributed by atoms with van der Waals surface area (Å²) >= 11 is 0.